The SMILES string of the molecule is CC1=Nc2c(c(=O)[nH]n2C2CCOC(C)(C)C2)C(c2ccsc2)S1. The number of fused-ring (bicyclic) bond motifs is 1. The Labute approximate surface area is 149 Å². The van der Waals surface area contributed by atoms with Crippen LogP contribution in [0.1, 0.15) is 56.0 Å². The van der Waals surface area contributed by atoms with E-state index in [0.717, 1.165) is 29.3 Å². The number of rotatable bonds is 2. The van der Waals surface area contributed by atoms with Gasteiger partial charge in [0, 0.05) is 6.61 Å². The lowest BCUT2D eigenvalue weighted by atomic mass is 9.94. The van der Waals surface area contributed by atoms with Gasteiger partial charge in [0.25, 0.3) is 5.56 Å². The van der Waals surface area contributed by atoms with Crippen molar-refractivity contribution in [3.63, 3.8) is 0 Å². The summed E-state index contributed by atoms with van der Waals surface area (Å²) in [6.07, 6.45) is 1.76. The summed E-state index contributed by atoms with van der Waals surface area (Å²) in [4.78, 5) is 17.4. The fourth-order valence-corrected chi connectivity index (χ4v) is 5.42. The molecule has 0 aromatic carbocycles. The van der Waals surface area contributed by atoms with Crippen LogP contribution in [0.15, 0.2) is 26.6 Å². The maximum Gasteiger partial charge on any atom is 0.271 e. The van der Waals surface area contributed by atoms with Crippen molar-refractivity contribution in [2.45, 2.75) is 50.5 Å². The predicted octanol–water partition coefficient (Wildman–Crippen LogP) is 4.25. The summed E-state index contributed by atoms with van der Waals surface area (Å²) < 4.78 is 7.82. The van der Waals surface area contributed by atoms with Gasteiger partial charge in [-0.15, -0.1) is 0 Å². The highest BCUT2D eigenvalue weighted by Gasteiger charge is 2.35. The van der Waals surface area contributed by atoms with Crippen molar-refractivity contribution in [3.8, 4) is 0 Å². The van der Waals surface area contributed by atoms with Crippen LogP contribution in [0.25, 0.3) is 0 Å². The zero-order valence-corrected chi connectivity index (χ0v) is 15.7. The van der Waals surface area contributed by atoms with Gasteiger partial charge in [-0.2, -0.15) is 11.3 Å². The number of aliphatic imine (C=N–C) groups is 1. The van der Waals surface area contributed by atoms with Gasteiger partial charge < -0.3 is 4.74 Å². The second-order valence-corrected chi connectivity index (χ2v) is 9.07. The molecule has 2 unspecified atom stereocenters. The average molecular weight is 364 g/mol. The van der Waals surface area contributed by atoms with Crippen LogP contribution >= 0.6 is 23.1 Å². The van der Waals surface area contributed by atoms with E-state index >= 15 is 0 Å². The Bertz CT molecular complexity index is 833. The lowest BCUT2D eigenvalue weighted by molar-refractivity contribution is -0.0705. The normalized spacial score (nSPS) is 26.0. The summed E-state index contributed by atoms with van der Waals surface area (Å²) >= 11 is 3.32. The van der Waals surface area contributed by atoms with Crippen LogP contribution in [0.5, 0.6) is 0 Å². The van der Waals surface area contributed by atoms with Gasteiger partial charge in [0.05, 0.1) is 27.5 Å². The number of ether oxygens (including phenoxy) is 1. The topological polar surface area (TPSA) is 59.4 Å². The Balaban J connectivity index is 1.80. The van der Waals surface area contributed by atoms with Crippen molar-refractivity contribution < 1.29 is 4.74 Å². The predicted molar refractivity (Wildman–Crippen MR) is 99.9 cm³/mol. The summed E-state index contributed by atoms with van der Waals surface area (Å²) in [5, 5.41) is 8.27. The maximum atomic E-state index is 12.7. The van der Waals surface area contributed by atoms with E-state index in [1.807, 2.05) is 11.6 Å². The van der Waals surface area contributed by atoms with Crippen molar-refractivity contribution in [1.29, 1.82) is 0 Å². The molecule has 0 spiro atoms. The molecular weight excluding hydrogens is 342 g/mol. The smallest absolute Gasteiger partial charge is 0.271 e. The second-order valence-electron chi connectivity index (χ2n) is 6.99. The van der Waals surface area contributed by atoms with E-state index in [2.05, 4.69) is 35.8 Å². The molecule has 2 aromatic heterocycles. The van der Waals surface area contributed by atoms with Crippen LogP contribution in [0.4, 0.5) is 5.82 Å². The quantitative estimate of drug-likeness (QED) is 0.867. The minimum Gasteiger partial charge on any atom is -0.375 e. The Morgan fingerprint density at radius 2 is 2.29 bits per heavy atom. The van der Waals surface area contributed by atoms with Crippen LogP contribution in [-0.4, -0.2) is 27.0 Å². The van der Waals surface area contributed by atoms with Crippen LogP contribution in [-0.2, 0) is 4.74 Å². The minimum atomic E-state index is -0.175. The lowest BCUT2D eigenvalue weighted by Gasteiger charge is -2.36. The highest BCUT2D eigenvalue weighted by Crippen LogP contribution is 2.45. The summed E-state index contributed by atoms with van der Waals surface area (Å²) in [6.45, 7) is 6.93. The Morgan fingerprint density at radius 3 is 3.00 bits per heavy atom. The molecule has 0 aliphatic carbocycles. The first-order chi connectivity index (χ1) is 11.4. The van der Waals surface area contributed by atoms with Gasteiger partial charge >= 0.3 is 0 Å². The van der Waals surface area contributed by atoms with Gasteiger partial charge in [-0.3, -0.25) is 14.6 Å². The Morgan fingerprint density at radius 1 is 1.46 bits per heavy atom. The van der Waals surface area contributed by atoms with Gasteiger partial charge in [0.2, 0.25) is 0 Å². The molecule has 1 N–H and O–H groups in total. The van der Waals surface area contributed by atoms with Crippen LogP contribution in [0.3, 0.4) is 0 Å². The van der Waals surface area contributed by atoms with Gasteiger partial charge in [0.1, 0.15) is 0 Å². The number of hydrogen-bond donors (Lipinski definition) is 1. The van der Waals surface area contributed by atoms with E-state index in [1.165, 1.54) is 5.56 Å². The third-order valence-corrected chi connectivity index (χ3v) is 6.51. The second kappa shape index (κ2) is 5.89. The summed E-state index contributed by atoms with van der Waals surface area (Å²) in [5.74, 6) is 0.801. The first kappa shape index (κ1) is 16.2. The third kappa shape index (κ3) is 2.78. The number of thiophene rings is 1. The van der Waals surface area contributed by atoms with Crippen molar-refractivity contribution in [2.24, 2.45) is 4.99 Å². The Kier molecular flexibility index (Phi) is 3.97. The van der Waals surface area contributed by atoms with Crippen LogP contribution in [0, 0.1) is 0 Å². The van der Waals surface area contributed by atoms with E-state index in [-0.39, 0.29) is 22.5 Å². The fourth-order valence-electron chi connectivity index (χ4n) is 3.55. The average Bonchev–Trinajstić information content (AvgIpc) is 3.14. The lowest BCUT2D eigenvalue weighted by Crippen LogP contribution is -2.35. The first-order valence-electron chi connectivity index (χ1n) is 8.17. The highest BCUT2D eigenvalue weighted by atomic mass is 32.2. The zero-order valence-electron chi connectivity index (χ0n) is 14.0. The molecule has 4 rings (SSSR count). The number of nitrogens with one attached hydrogen (secondary N) is 1. The first-order valence-corrected chi connectivity index (χ1v) is 9.99. The molecule has 2 aliphatic rings. The van der Waals surface area contributed by atoms with Gasteiger partial charge in [-0.05, 0) is 56.0 Å². The van der Waals surface area contributed by atoms with Crippen molar-refractivity contribution >= 4 is 34.0 Å². The van der Waals surface area contributed by atoms with E-state index in [0.29, 0.717) is 6.61 Å². The van der Waals surface area contributed by atoms with E-state index in [4.69, 9.17) is 9.73 Å². The number of thioether (sulfide) groups is 1. The minimum absolute atomic E-state index is 0.0192. The standard InChI is InChI=1S/C17H21N3O2S2/c1-10-18-15-13(14(24-10)11-5-7-23-9-11)16(21)19-20(15)12-4-6-22-17(2,3)8-12/h5,7,9,12,14H,4,6,8H2,1-3H3,(H,19,21). The van der Waals surface area contributed by atoms with E-state index < -0.39 is 0 Å². The molecule has 2 atom stereocenters. The van der Waals surface area contributed by atoms with Crippen LogP contribution in [0.2, 0.25) is 0 Å². The molecule has 128 valence electrons. The monoisotopic (exact) mass is 363 g/mol. The number of nitrogens with zero attached hydrogens (tertiary/aromatic N) is 2. The van der Waals surface area contributed by atoms with Crippen LogP contribution < -0.4 is 5.56 Å². The molecule has 1 fully saturated rings. The fraction of sp³-hybridized carbons (Fsp3) is 0.529. The summed E-state index contributed by atoms with van der Waals surface area (Å²) in [5.41, 5.74) is 1.77. The number of aromatic nitrogens is 2. The molecule has 5 nitrogen and oxygen atoms in total. The molecule has 0 saturated carbocycles. The van der Waals surface area contributed by atoms with Gasteiger partial charge in [0.15, 0.2) is 5.82 Å². The molecule has 2 aromatic rings. The zero-order chi connectivity index (χ0) is 16.9. The van der Waals surface area contributed by atoms with Crippen molar-refractivity contribution in [1.82, 2.24) is 9.78 Å². The molecule has 0 bridgehead atoms. The van der Waals surface area contributed by atoms with E-state index in [9.17, 15) is 4.79 Å². The summed E-state index contributed by atoms with van der Waals surface area (Å²) in [6, 6.07) is 2.31. The highest BCUT2D eigenvalue weighted by molar-refractivity contribution is 8.14. The molecule has 0 radical (unpaired) electrons. The molecule has 4 heterocycles. The Hall–Kier alpha value is -1.31. The van der Waals surface area contributed by atoms with Gasteiger partial charge in [-0.25, -0.2) is 4.99 Å². The number of H-pyrrole nitrogens is 1. The molecule has 24 heavy (non-hydrogen) atoms. The maximum absolute atomic E-state index is 12.7. The molecule has 7 heteroatoms. The van der Waals surface area contributed by atoms with E-state index in [1.54, 1.807) is 23.1 Å². The molecule has 2 aliphatic heterocycles. The summed E-state index contributed by atoms with van der Waals surface area (Å²) in [7, 11) is 0. The molecule has 1 saturated heterocycles. The molecular formula is C17H21N3O2S2. The number of hydrogen-bond acceptors (Lipinski definition) is 5. The van der Waals surface area contributed by atoms with Crippen molar-refractivity contribution in [2.75, 3.05) is 6.61 Å². The van der Waals surface area contributed by atoms with Gasteiger partial charge in [-0.1, -0.05) is 11.8 Å². The third-order valence-electron chi connectivity index (χ3n) is 4.63. The largest absolute Gasteiger partial charge is 0.375 e. The molecule has 0 amide bonds. The number of aromatic amines is 1. The van der Waals surface area contributed by atoms with Crippen molar-refractivity contribution in [3.05, 3.63) is 38.3 Å².